The third-order valence-corrected chi connectivity index (χ3v) is 5.84. The molecule has 0 saturated carbocycles. The number of ether oxygens (including phenoxy) is 1. The van der Waals surface area contributed by atoms with Crippen molar-refractivity contribution < 1.29 is 23.9 Å². The molecule has 1 aliphatic heterocycles. The third-order valence-electron chi connectivity index (χ3n) is 5.16. The van der Waals surface area contributed by atoms with E-state index in [4.69, 9.17) is 27.9 Å². The molecule has 4 rings (SSSR count). The Kier molecular flexibility index (Phi) is 7.38. The van der Waals surface area contributed by atoms with E-state index < -0.39 is 23.7 Å². The van der Waals surface area contributed by atoms with Crippen LogP contribution < -0.4 is 15.5 Å². The van der Waals surface area contributed by atoms with Gasteiger partial charge in [-0.05, 0) is 55.5 Å². The van der Waals surface area contributed by atoms with Gasteiger partial charge in [0.25, 0.3) is 17.7 Å². The van der Waals surface area contributed by atoms with Crippen LogP contribution in [-0.2, 0) is 14.3 Å². The molecule has 0 atom stereocenters. The molecular weight excluding hydrogens is 505 g/mol. The lowest BCUT2D eigenvalue weighted by molar-refractivity contribution is -0.120. The molecule has 2 N–H and O–H groups in total. The summed E-state index contributed by atoms with van der Waals surface area (Å²) in [5, 5.41) is 5.62. The smallest absolute Gasteiger partial charge is 0.338 e. The van der Waals surface area contributed by atoms with Gasteiger partial charge in [-0.2, -0.15) is 0 Å². The van der Waals surface area contributed by atoms with E-state index in [0.29, 0.717) is 16.4 Å². The fourth-order valence-corrected chi connectivity index (χ4v) is 3.87. The standard InChI is InChI=1S/C26H19Cl2N3O5/c1-2-36-26(35)16-8-6-10-18(14-16)31-24(33)21(28)22(25(31)34)29-17-9-5-7-15(13-17)23(32)30-20-12-4-3-11-19(20)27/h3-14,29H,2H2,1H3,(H,30,32). The third kappa shape index (κ3) is 5.10. The molecule has 0 radical (unpaired) electrons. The Morgan fingerprint density at radius 3 is 2.36 bits per heavy atom. The van der Waals surface area contributed by atoms with E-state index in [-0.39, 0.29) is 34.2 Å². The van der Waals surface area contributed by atoms with Gasteiger partial charge in [0, 0.05) is 11.3 Å². The fourth-order valence-electron chi connectivity index (χ4n) is 3.47. The van der Waals surface area contributed by atoms with Gasteiger partial charge in [0.2, 0.25) is 0 Å². The molecule has 182 valence electrons. The van der Waals surface area contributed by atoms with Crippen molar-refractivity contribution in [2.75, 3.05) is 22.1 Å². The van der Waals surface area contributed by atoms with E-state index in [1.807, 2.05) is 0 Å². The zero-order valence-electron chi connectivity index (χ0n) is 18.9. The molecule has 3 amide bonds. The first-order valence-electron chi connectivity index (χ1n) is 10.8. The van der Waals surface area contributed by atoms with Crippen LogP contribution in [0.1, 0.15) is 27.6 Å². The van der Waals surface area contributed by atoms with Crippen molar-refractivity contribution in [2.24, 2.45) is 0 Å². The summed E-state index contributed by atoms with van der Waals surface area (Å²) in [6.07, 6.45) is 0. The number of nitrogens with zero attached hydrogens (tertiary/aromatic N) is 1. The van der Waals surface area contributed by atoms with Crippen LogP contribution in [-0.4, -0.2) is 30.3 Å². The number of amides is 3. The Balaban J connectivity index is 1.54. The largest absolute Gasteiger partial charge is 0.462 e. The Hall–Kier alpha value is -4.14. The monoisotopic (exact) mass is 523 g/mol. The molecule has 3 aromatic rings. The molecule has 1 aliphatic rings. The minimum absolute atomic E-state index is 0.160. The number of hydrogen-bond acceptors (Lipinski definition) is 6. The number of imide groups is 1. The number of para-hydroxylation sites is 1. The Morgan fingerprint density at radius 2 is 1.61 bits per heavy atom. The van der Waals surface area contributed by atoms with Gasteiger partial charge in [-0.1, -0.05) is 47.5 Å². The molecule has 0 aliphatic carbocycles. The van der Waals surface area contributed by atoms with Gasteiger partial charge in [-0.3, -0.25) is 14.4 Å². The lowest BCUT2D eigenvalue weighted by Crippen LogP contribution is -2.32. The highest BCUT2D eigenvalue weighted by atomic mass is 35.5. The molecule has 0 aromatic heterocycles. The van der Waals surface area contributed by atoms with Gasteiger partial charge < -0.3 is 15.4 Å². The number of benzene rings is 3. The van der Waals surface area contributed by atoms with Crippen LogP contribution in [0.25, 0.3) is 0 Å². The van der Waals surface area contributed by atoms with E-state index >= 15 is 0 Å². The SMILES string of the molecule is CCOC(=O)c1cccc(N2C(=O)C(Cl)=C(Nc3cccc(C(=O)Nc4ccccc4Cl)c3)C2=O)c1. The molecular formula is C26H19Cl2N3O5. The first-order chi connectivity index (χ1) is 17.3. The first-order valence-corrected chi connectivity index (χ1v) is 11.5. The maximum atomic E-state index is 13.1. The average Bonchev–Trinajstić information content (AvgIpc) is 3.08. The highest BCUT2D eigenvalue weighted by Gasteiger charge is 2.39. The van der Waals surface area contributed by atoms with Crippen molar-refractivity contribution in [3.63, 3.8) is 0 Å². The van der Waals surface area contributed by atoms with Gasteiger partial charge in [0.15, 0.2) is 0 Å². The van der Waals surface area contributed by atoms with Crippen molar-refractivity contribution in [3.8, 4) is 0 Å². The number of rotatable bonds is 7. The second-order valence-electron chi connectivity index (χ2n) is 7.55. The van der Waals surface area contributed by atoms with Crippen molar-refractivity contribution in [1.82, 2.24) is 0 Å². The van der Waals surface area contributed by atoms with Gasteiger partial charge in [-0.15, -0.1) is 0 Å². The summed E-state index contributed by atoms with van der Waals surface area (Å²) in [6.45, 7) is 1.86. The van der Waals surface area contributed by atoms with Crippen molar-refractivity contribution in [1.29, 1.82) is 0 Å². The molecule has 3 aromatic carbocycles. The summed E-state index contributed by atoms with van der Waals surface area (Å²) in [4.78, 5) is 51.6. The molecule has 0 spiro atoms. The van der Waals surface area contributed by atoms with Gasteiger partial charge in [0.05, 0.1) is 28.6 Å². The molecule has 0 saturated heterocycles. The summed E-state index contributed by atoms with van der Waals surface area (Å²) in [5.74, 6) is -2.46. The second kappa shape index (κ2) is 10.6. The van der Waals surface area contributed by atoms with Gasteiger partial charge in [0.1, 0.15) is 10.7 Å². The number of carbonyl (C=O) groups is 4. The van der Waals surface area contributed by atoms with Crippen LogP contribution in [0.15, 0.2) is 83.5 Å². The fraction of sp³-hybridized carbons (Fsp3) is 0.0769. The molecule has 0 fully saturated rings. The highest BCUT2D eigenvalue weighted by Crippen LogP contribution is 2.31. The van der Waals surface area contributed by atoms with E-state index in [9.17, 15) is 19.2 Å². The van der Waals surface area contributed by atoms with Crippen LogP contribution in [0, 0.1) is 0 Å². The lowest BCUT2D eigenvalue weighted by Gasteiger charge is -2.16. The Bertz CT molecular complexity index is 1420. The normalized spacial score (nSPS) is 13.1. The summed E-state index contributed by atoms with van der Waals surface area (Å²) in [6, 6.07) is 19.1. The van der Waals surface area contributed by atoms with E-state index in [1.165, 1.54) is 30.3 Å². The molecule has 8 nitrogen and oxygen atoms in total. The quantitative estimate of drug-likeness (QED) is 0.325. The zero-order valence-corrected chi connectivity index (χ0v) is 20.4. The van der Waals surface area contributed by atoms with E-state index in [2.05, 4.69) is 10.6 Å². The average molecular weight is 524 g/mol. The minimum atomic E-state index is -0.752. The summed E-state index contributed by atoms with van der Waals surface area (Å²) in [5.41, 5.74) is 1.28. The van der Waals surface area contributed by atoms with Gasteiger partial charge >= 0.3 is 5.97 Å². The number of carbonyl (C=O) groups excluding carboxylic acids is 4. The number of nitrogens with one attached hydrogen (secondary N) is 2. The number of halogens is 2. The number of esters is 1. The van der Waals surface area contributed by atoms with Crippen LogP contribution >= 0.6 is 23.2 Å². The van der Waals surface area contributed by atoms with Crippen LogP contribution in [0.4, 0.5) is 17.1 Å². The minimum Gasteiger partial charge on any atom is -0.462 e. The molecule has 10 heteroatoms. The lowest BCUT2D eigenvalue weighted by atomic mass is 10.1. The predicted molar refractivity (Wildman–Crippen MR) is 137 cm³/mol. The van der Waals surface area contributed by atoms with E-state index in [1.54, 1.807) is 49.4 Å². The Labute approximate surface area is 216 Å². The van der Waals surface area contributed by atoms with Crippen molar-refractivity contribution >= 4 is 64.0 Å². The maximum absolute atomic E-state index is 13.1. The van der Waals surface area contributed by atoms with Gasteiger partial charge in [-0.25, -0.2) is 9.69 Å². The molecule has 0 bridgehead atoms. The first kappa shape index (κ1) is 25.0. The highest BCUT2D eigenvalue weighted by molar-refractivity contribution is 6.53. The second-order valence-corrected chi connectivity index (χ2v) is 8.33. The number of hydrogen-bond donors (Lipinski definition) is 2. The maximum Gasteiger partial charge on any atom is 0.338 e. The van der Waals surface area contributed by atoms with Crippen LogP contribution in [0.3, 0.4) is 0 Å². The van der Waals surface area contributed by atoms with Crippen molar-refractivity contribution in [2.45, 2.75) is 6.92 Å². The summed E-state index contributed by atoms with van der Waals surface area (Å²) >= 11 is 12.3. The molecule has 36 heavy (non-hydrogen) atoms. The predicted octanol–water partition coefficient (Wildman–Crippen LogP) is 5.20. The zero-order chi connectivity index (χ0) is 25.8. The molecule has 1 heterocycles. The topological polar surface area (TPSA) is 105 Å². The Morgan fingerprint density at radius 1 is 0.889 bits per heavy atom. The van der Waals surface area contributed by atoms with Crippen LogP contribution in [0.5, 0.6) is 0 Å². The summed E-state index contributed by atoms with van der Waals surface area (Å²) < 4.78 is 4.98. The van der Waals surface area contributed by atoms with E-state index in [0.717, 1.165) is 4.90 Å². The van der Waals surface area contributed by atoms with Crippen LogP contribution in [0.2, 0.25) is 5.02 Å². The molecule has 0 unspecified atom stereocenters. The summed E-state index contributed by atoms with van der Waals surface area (Å²) in [7, 11) is 0. The number of anilines is 3. The van der Waals surface area contributed by atoms with Crippen molar-refractivity contribution in [3.05, 3.63) is 99.7 Å².